The monoisotopic (exact) mass is 300 g/mol. The van der Waals surface area contributed by atoms with Gasteiger partial charge in [-0.15, -0.1) is 0 Å². The van der Waals surface area contributed by atoms with Gasteiger partial charge in [0.2, 0.25) is 0 Å². The maximum absolute atomic E-state index is 10.3. The molecule has 0 bridgehead atoms. The van der Waals surface area contributed by atoms with Gasteiger partial charge in [0.1, 0.15) is 23.6 Å². The fourth-order valence-electron chi connectivity index (χ4n) is 2.81. The molecule has 1 aliphatic heterocycles. The lowest BCUT2D eigenvalue weighted by Crippen LogP contribution is -2.29. The molecule has 4 heterocycles. The third-order valence-corrected chi connectivity index (χ3v) is 3.86. The zero-order valence-corrected chi connectivity index (χ0v) is 12.1. The van der Waals surface area contributed by atoms with E-state index in [2.05, 4.69) is 10.1 Å². The molecule has 3 aromatic rings. The van der Waals surface area contributed by atoms with Crippen LogP contribution in [-0.2, 0) is 7.05 Å². The van der Waals surface area contributed by atoms with Crippen LogP contribution in [0, 0.1) is 0 Å². The standard InChI is InChI=1S/C15H16N4O3/c1-18-7-10(6-17-18)22-14-9-19(8-12(14)20)15-11-3-5-21-13(11)2-4-16-15/h2-7,12,14,20H,8-9H2,1H3/t12-,14-/m1/s1. The number of furan rings is 1. The van der Waals surface area contributed by atoms with Crippen molar-refractivity contribution < 1.29 is 14.3 Å². The number of pyridine rings is 1. The third-order valence-electron chi connectivity index (χ3n) is 3.86. The Bertz CT molecular complexity index is 797. The maximum atomic E-state index is 10.3. The summed E-state index contributed by atoms with van der Waals surface area (Å²) >= 11 is 0. The molecule has 1 fully saturated rings. The summed E-state index contributed by atoms with van der Waals surface area (Å²) in [5.41, 5.74) is 0.788. The van der Waals surface area contributed by atoms with E-state index < -0.39 is 6.10 Å². The van der Waals surface area contributed by atoms with Gasteiger partial charge in [-0.25, -0.2) is 4.98 Å². The number of anilines is 1. The minimum absolute atomic E-state index is 0.312. The second-order valence-electron chi connectivity index (χ2n) is 5.45. The summed E-state index contributed by atoms with van der Waals surface area (Å²) in [7, 11) is 1.83. The predicted molar refractivity (Wildman–Crippen MR) is 79.9 cm³/mol. The highest BCUT2D eigenvalue weighted by atomic mass is 16.5. The molecule has 1 saturated heterocycles. The summed E-state index contributed by atoms with van der Waals surface area (Å²) in [5.74, 6) is 1.46. The number of hydrogen-bond acceptors (Lipinski definition) is 6. The summed E-state index contributed by atoms with van der Waals surface area (Å²) in [4.78, 5) is 6.44. The van der Waals surface area contributed by atoms with E-state index in [1.165, 1.54) is 0 Å². The van der Waals surface area contributed by atoms with Gasteiger partial charge in [-0.2, -0.15) is 5.10 Å². The SMILES string of the molecule is Cn1cc(O[C@@H]2CN(c3nccc4occc34)C[C@H]2O)cn1. The highest BCUT2D eigenvalue weighted by molar-refractivity contribution is 5.88. The summed E-state index contributed by atoms with van der Waals surface area (Å²) in [6.45, 7) is 1.04. The Kier molecular flexibility index (Phi) is 3.00. The molecular formula is C15H16N4O3. The molecule has 7 nitrogen and oxygen atoms in total. The number of aliphatic hydroxyl groups is 1. The smallest absolute Gasteiger partial charge is 0.157 e. The van der Waals surface area contributed by atoms with Crippen molar-refractivity contribution in [3.8, 4) is 5.75 Å². The molecule has 0 radical (unpaired) electrons. The molecule has 3 aromatic heterocycles. The van der Waals surface area contributed by atoms with Gasteiger partial charge in [0.25, 0.3) is 0 Å². The molecule has 4 rings (SSSR count). The normalized spacial score (nSPS) is 21.6. The lowest BCUT2D eigenvalue weighted by Gasteiger charge is -2.17. The van der Waals surface area contributed by atoms with Gasteiger partial charge in [-0.3, -0.25) is 4.68 Å². The minimum atomic E-state index is -0.579. The van der Waals surface area contributed by atoms with E-state index in [9.17, 15) is 5.11 Å². The van der Waals surface area contributed by atoms with Crippen LogP contribution in [0.1, 0.15) is 0 Å². The molecule has 2 atom stereocenters. The van der Waals surface area contributed by atoms with Crippen molar-refractivity contribution >= 4 is 16.8 Å². The van der Waals surface area contributed by atoms with E-state index in [-0.39, 0.29) is 6.10 Å². The molecule has 0 amide bonds. The quantitative estimate of drug-likeness (QED) is 0.783. The van der Waals surface area contributed by atoms with Crippen molar-refractivity contribution in [3.05, 3.63) is 37.0 Å². The number of aryl methyl sites for hydroxylation is 1. The van der Waals surface area contributed by atoms with Gasteiger partial charge in [0.15, 0.2) is 5.75 Å². The highest BCUT2D eigenvalue weighted by Gasteiger charge is 2.34. The highest BCUT2D eigenvalue weighted by Crippen LogP contribution is 2.29. The Morgan fingerprint density at radius 3 is 3.09 bits per heavy atom. The first-order valence-corrected chi connectivity index (χ1v) is 7.11. The van der Waals surface area contributed by atoms with E-state index in [0.29, 0.717) is 18.8 Å². The van der Waals surface area contributed by atoms with Crippen LogP contribution in [0.15, 0.2) is 41.4 Å². The van der Waals surface area contributed by atoms with Crippen LogP contribution in [0.3, 0.4) is 0 Å². The first-order valence-electron chi connectivity index (χ1n) is 7.11. The fraction of sp³-hybridized carbons (Fsp3) is 0.333. The second kappa shape index (κ2) is 5.03. The van der Waals surface area contributed by atoms with E-state index in [1.807, 2.05) is 24.1 Å². The van der Waals surface area contributed by atoms with E-state index in [0.717, 1.165) is 16.8 Å². The van der Waals surface area contributed by atoms with Crippen molar-refractivity contribution in [2.45, 2.75) is 12.2 Å². The Morgan fingerprint density at radius 2 is 2.27 bits per heavy atom. The molecule has 0 unspecified atom stereocenters. The van der Waals surface area contributed by atoms with Gasteiger partial charge < -0.3 is 19.2 Å². The summed E-state index contributed by atoms with van der Waals surface area (Å²) in [6, 6.07) is 3.72. The number of hydrogen-bond donors (Lipinski definition) is 1. The predicted octanol–water partition coefficient (Wildman–Crippen LogP) is 1.19. The fourth-order valence-corrected chi connectivity index (χ4v) is 2.81. The third kappa shape index (κ3) is 2.19. The minimum Gasteiger partial charge on any atom is -0.482 e. The Labute approximate surface area is 126 Å². The van der Waals surface area contributed by atoms with Gasteiger partial charge in [0, 0.05) is 19.8 Å². The molecule has 7 heteroatoms. The first-order chi connectivity index (χ1) is 10.7. The van der Waals surface area contributed by atoms with Crippen LogP contribution in [-0.4, -0.2) is 45.2 Å². The summed E-state index contributed by atoms with van der Waals surface area (Å²) in [6.07, 6.45) is 5.89. The molecule has 1 aliphatic rings. The number of rotatable bonds is 3. The lowest BCUT2D eigenvalue weighted by atomic mass is 10.3. The van der Waals surface area contributed by atoms with Crippen LogP contribution >= 0.6 is 0 Å². The van der Waals surface area contributed by atoms with Crippen LogP contribution in [0.2, 0.25) is 0 Å². The van der Waals surface area contributed by atoms with Crippen molar-refractivity contribution in [3.63, 3.8) is 0 Å². The Hall–Kier alpha value is -2.54. The first kappa shape index (κ1) is 13.1. The van der Waals surface area contributed by atoms with E-state index in [4.69, 9.17) is 9.15 Å². The molecule has 0 saturated carbocycles. The van der Waals surface area contributed by atoms with Crippen LogP contribution in [0.5, 0.6) is 5.75 Å². The summed E-state index contributed by atoms with van der Waals surface area (Å²) in [5, 5.41) is 15.3. The maximum Gasteiger partial charge on any atom is 0.157 e. The molecule has 1 N–H and O–H groups in total. The lowest BCUT2D eigenvalue weighted by molar-refractivity contribution is 0.0737. The molecule has 0 aromatic carbocycles. The van der Waals surface area contributed by atoms with Crippen LogP contribution < -0.4 is 9.64 Å². The van der Waals surface area contributed by atoms with Crippen molar-refractivity contribution in [2.75, 3.05) is 18.0 Å². The van der Waals surface area contributed by atoms with Crippen molar-refractivity contribution in [1.82, 2.24) is 14.8 Å². The summed E-state index contributed by atoms with van der Waals surface area (Å²) < 4.78 is 12.9. The second-order valence-corrected chi connectivity index (χ2v) is 5.45. The van der Waals surface area contributed by atoms with Gasteiger partial charge in [0.05, 0.1) is 30.6 Å². The average molecular weight is 300 g/mol. The zero-order valence-electron chi connectivity index (χ0n) is 12.1. The zero-order chi connectivity index (χ0) is 15.1. The topological polar surface area (TPSA) is 76.5 Å². The van der Waals surface area contributed by atoms with Crippen LogP contribution in [0.25, 0.3) is 11.0 Å². The van der Waals surface area contributed by atoms with Gasteiger partial charge in [-0.1, -0.05) is 0 Å². The van der Waals surface area contributed by atoms with E-state index >= 15 is 0 Å². The molecule has 0 spiro atoms. The molecule has 114 valence electrons. The Balaban J connectivity index is 1.56. The number of aliphatic hydroxyl groups excluding tert-OH is 1. The molecule has 0 aliphatic carbocycles. The van der Waals surface area contributed by atoms with Gasteiger partial charge in [-0.05, 0) is 12.1 Å². The number of aromatic nitrogens is 3. The van der Waals surface area contributed by atoms with Crippen molar-refractivity contribution in [1.29, 1.82) is 0 Å². The Morgan fingerprint density at radius 1 is 1.36 bits per heavy atom. The number of nitrogens with zero attached hydrogens (tertiary/aromatic N) is 4. The van der Waals surface area contributed by atoms with E-state index in [1.54, 1.807) is 29.5 Å². The molecule has 22 heavy (non-hydrogen) atoms. The molecular weight excluding hydrogens is 284 g/mol. The number of ether oxygens (including phenoxy) is 1. The van der Waals surface area contributed by atoms with Crippen LogP contribution in [0.4, 0.5) is 5.82 Å². The van der Waals surface area contributed by atoms with Gasteiger partial charge >= 0.3 is 0 Å². The average Bonchev–Trinajstić information content (AvgIpc) is 3.20. The number of fused-ring (bicyclic) bond motifs is 1. The number of β-amino-alcohol motifs (C(OH)–C–C–N with tert-alkyl or cyclic N) is 1. The largest absolute Gasteiger partial charge is 0.482 e. The van der Waals surface area contributed by atoms with Crippen molar-refractivity contribution in [2.24, 2.45) is 7.05 Å².